The van der Waals surface area contributed by atoms with Gasteiger partial charge < -0.3 is 14.2 Å². The molecule has 28 heavy (non-hydrogen) atoms. The second kappa shape index (κ2) is 5.64. The van der Waals surface area contributed by atoms with E-state index in [2.05, 4.69) is 83.2 Å². The average molecular weight is 362 g/mol. The van der Waals surface area contributed by atoms with E-state index in [0.717, 1.165) is 28.6 Å². The van der Waals surface area contributed by atoms with Crippen LogP contribution in [0.25, 0.3) is 21.8 Å². The van der Waals surface area contributed by atoms with Crippen molar-refractivity contribution in [1.82, 2.24) is 4.57 Å². The minimum absolute atomic E-state index is 0.874. The van der Waals surface area contributed by atoms with Crippen molar-refractivity contribution in [2.24, 2.45) is 7.05 Å². The molecule has 2 heterocycles. The number of nitrogens with zero attached hydrogens (tertiary/aromatic N) is 2. The first-order valence-electron chi connectivity index (χ1n) is 9.44. The van der Waals surface area contributed by atoms with Crippen molar-refractivity contribution >= 4 is 38.9 Å². The molecule has 0 saturated carbocycles. The van der Waals surface area contributed by atoms with Crippen molar-refractivity contribution in [3.8, 4) is 11.5 Å². The zero-order chi connectivity index (χ0) is 18.7. The Morgan fingerprint density at radius 1 is 0.607 bits per heavy atom. The average Bonchev–Trinajstić information content (AvgIpc) is 3.04. The Balaban J connectivity index is 1.65. The molecule has 4 aromatic carbocycles. The topological polar surface area (TPSA) is 17.4 Å². The second-order valence-corrected chi connectivity index (χ2v) is 7.15. The molecule has 1 aliphatic heterocycles. The monoisotopic (exact) mass is 362 g/mol. The maximum atomic E-state index is 6.15. The van der Waals surface area contributed by atoms with Gasteiger partial charge in [-0.3, -0.25) is 0 Å². The normalized spacial score (nSPS) is 12.7. The number of fused-ring (bicyclic) bond motifs is 5. The number of hydrogen-bond acceptors (Lipinski definition) is 2. The van der Waals surface area contributed by atoms with E-state index in [1.807, 2.05) is 24.3 Å². The molecule has 0 bridgehead atoms. The molecule has 0 N–H and O–H groups in total. The summed E-state index contributed by atoms with van der Waals surface area (Å²) >= 11 is 0. The number of benzene rings is 4. The summed E-state index contributed by atoms with van der Waals surface area (Å²) in [6.45, 7) is 0. The van der Waals surface area contributed by atoms with Crippen LogP contribution in [0.2, 0.25) is 0 Å². The molecule has 0 spiro atoms. The molecule has 3 heteroatoms. The Labute approximate surface area is 163 Å². The Morgan fingerprint density at radius 3 is 1.96 bits per heavy atom. The van der Waals surface area contributed by atoms with Crippen LogP contribution < -0.4 is 9.64 Å². The predicted molar refractivity (Wildman–Crippen MR) is 115 cm³/mol. The van der Waals surface area contributed by atoms with Crippen LogP contribution in [0.5, 0.6) is 11.5 Å². The number of ether oxygens (including phenoxy) is 1. The van der Waals surface area contributed by atoms with Gasteiger partial charge in [-0.25, -0.2) is 0 Å². The van der Waals surface area contributed by atoms with Crippen LogP contribution in [-0.2, 0) is 7.05 Å². The predicted octanol–water partition coefficient (Wildman–Crippen LogP) is 6.91. The fraction of sp³-hybridized carbons (Fsp3) is 0.0400. The molecule has 0 amide bonds. The van der Waals surface area contributed by atoms with Gasteiger partial charge in [0.05, 0.1) is 11.4 Å². The molecule has 0 fully saturated rings. The molecule has 1 aromatic heterocycles. The van der Waals surface area contributed by atoms with E-state index in [1.54, 1.807) is 0 Å². The molecule has 134 valence electrons. The Kier molecular flexibility index (Phi) is 3.09. The van der Waals surface area contributed by atoms with Gasteiger partial charge in [0.25, 0.3) is 0 Å². The van der Waals surface area contributed by atoms with Crippen LogP contribution in [0.4, 0.5) is 17.1 Å². The zero-order valence-electron chi connectivity index (χ0n) is 15.5. The summed E-state index contributed by atoms with van der Waals surface area (Å²) in [4.78, 5) is 2.29. The lowest BCUT2D eigenvalue weighted by molar-refractivity contribution is 0.477. The summed E-state index contributed by atoms with van der Waals surface area (Å²) in [7, 11) is 2.13. The maximum absolute atomic E-state index is 6.15. The lowest BCUT2D eigenvalue weighted by atomic mass is 10.1. The molecule has 0 unspecified atom stereocenters. The number of para-hydroxylation sites is 5. The largest absolute Gasteiger partial charge is 0.453 e. The van der Waals surface area contributed by atoms with Gasteiger partial charge in [0.1, 0.15) is 0 Å². The van der Waals surface area contributed by atoms with E-state index in [9.17, 15) is 0 Å². The van der Waals surface area contributed by atoms with E-state index in [4.69, 9.17) is 4.74 Å². The highest BCUT2D eigenvalue weighted by molar-refractivity contribution is 6.09. The molecule has 0 radical (unpaired) electrons. The summed E-state index contributed by atoms with van der Waals surface area (Å²) in [6.07, 6.45) is 0. The minimum atomic E-state index is 0.874. The van der Waals surface area contributed by atoms with Crippen molar-refractivity contribution in [1.29, 1.82) is 0 Å². The first kappa shape index (κ1) is 15.3. The molecule has 1 aliphatic rings. The van der Waals surface area contributed by atoms with Crippen LogP contribution in [0.3, 0.4) is 0 Å². The van der Waals surface area contributed by atoms with E-state index < -0.39 is 0 Å². The molecule has 0 saturated heterocycles. The number of aryl methyl sites for hydroxylation is 1. The number of aromatic nitrogens is 1. The number of rotatable bonds is 1. The highest BCUT2D eigenvalue weighted by atomic mass is 16.5. The quantitative estimate of drug-likeness (QED) is 0.316. The summed E-state index contributed by atoms with van der Waals surface area (Å²) in [5, 5.41) is 2.54. The Morgan fingerprint density at radius 2 is 1.21 bits per heavy atom. The van der Waals surface area contributed by atoms with Gasteiger partial charge in [-0.15, -0.1) is 0 Å². The third kappa shape index (κ3) is 2.04. The molecule has 0 atom stereocenters. The minimum Gasteiger partial charge on any atom is -0.453 e. The van der Waals surface area contributed by atoms with Gasteiger partial charge in [0, 0.05) is 34.5 Å². The van der Waals surface area contributed by atoms with Gasteiger partial charge >= 0.3 is 0 Å². The molecular formula is C25H18N2O. The summed E-state index contributed by atoms with van der Waals surface area (Å²) in [5.41, 5.74) is 5.73. The van der Waals surface area contributed by atoms with Gasteiger partial charge in [0.15, 0.2) is 11.5 Å². The molecule has 0 aliphatic carbocycles. The highest BCUT2D eigenvalue weighted by Gasteiger charge is 2.25. The molecular weight excluding hydrogens is 344 g/mol. The van der Waals surface area contributed by atoms with Crippen LogP contribution >= 0.6 is 0 Å². The highest BCUT2D eigenvalue weighted by Crippen LogP contribution is 2.50. The summed E-state index contributed by atoms with van der Waals surface area (Å²) < 4.78 is 8.40. The van der Waals surface area contributed by atoms with Crippen LogP contribution in [0.15, 0.2) is 91.0 Å². The Bertz CT molecular complexity index is 1320. The SMILES string of the molecule is Cn1c2ccccc2c2cc(N3c4ccccc4Oc4ccccc43)ccc21. The fourth-order valence-corrected chi connectivity index (χ4v) is 4.28. The fourth-order valence-electron chi connectivity index (χ4n) is 4.28. The first-order chi connectivity index (χ1) is 13.8. The lowest BCUT2D eigenvalue weighted by Gasteiger charge is -2.32. The van der Waals surface area contributed by atoms with Gasteiger partial charge in [-0.2, -0.15) is 0 Å². The van der Waals surface area contributed by atoms with Crippen LogP contribution in [0.1, 0.15) is 0 Å². The van der Waals surface area contributed by atoms with Crippen molar-refractivity contribution in [2.45, 2.75) is 0 Å². The van der Waals surface area contributed by atoms with E-state index >= 15 is 0 Å². The molecule has 6 rings (SSSR count). The lowest BCUT2D eigenvalue weighted by Crippen LogP contribution is -2.15. The van der Waals surface area contributed by atoms with Gasteiger partial charge in [-0.1, -0.05) is 42.5 Å². The third-order valence-corrected chi connectivity index (χ3v) is 5.59. The first-order valence-corrected chi connectivity index (χ1v) is 9.44. The van der Waals surface area contributed by atoms with Crippen LogP contribution in [-0.4, -0.2) is 4.57 Å². The van der Waals surface area contributed by atoms with E-state index in [1.165, 1.54) is 21.8 Å². The summed E-state index contributed by atoms with van der Waals surface area (Å²) in [5.74, 6) is 1.75. The Hall–Kier alpha value is -3.72. The van der Waals surface area contributed by atoms with Crippen molar-refractivity contribution in [2.75, 3.05) is 4.90 Å². The van der Waals surface area contributed by atoms with Crippen LogP contribution in [0, 0.1) is 0 Å². The van der Waals surface area contributed by atoms with E-state index in [-0.39, 0.29) is 0 Å². The number of anilines is 3. The number of hydrogen-bond donors (Lipinski definition) is 0. The zero-order valence-corrected chi connectivity index (χ0v) is 15.5. The van der Waals surface area contributed by atoms with Gasteiger partial charge in [-0.05, 0) is 48.5 Å². The maximum Gasteiger partial charge on any atom is 0.151 e. The standard InChI is InChI=1S/C25H18N2O/c1-26-20-9-3-2-8-18(20)19-16-17(14-15-21(19)26)27-22-10-4-6-12-24(22)28-25-13-7-5-11-23(25)27/h2-16H,1H3. The van der Waals surface area contributed by atoms with Crippen molar-refractivity contribution < 1.29 is 4.74 Å². The van der Waals surface area contributed by atoms with Gasteiger partial charge in [0.2, 0.25) is 0 Å². The third-order valence-electron chi connectivity index (χ3n) is 5.59. The smallest absolute Gasteiger partial charge is 0.151 e. The van der Waals surface area contributed by atoms with E-state index in [0.29, 0.717) is 0 Å². The summed E-state index contributed by atoms with van der Waals surface area (Å²) in [6, 6.07) is 31.7. The van der Waals surface area contributed by atoms with Crippen molar-refractivity contribution in [3.63, 3.8) is 0 Å². The molecule has 5 aromatic rings. The van der Waals surface area contributed by atoms with Crippen molar-refractivity contribution in [3.05, 3.63) is 91.0 Å². The molecule has 3 nitrogen and oxygen atoms in total. The second-order valence-electron chi connectivity index (χ2n) is 7.15.